The number of methoxy groups -OCH3 is 2. The minimum absolute atomic E-state index is 0.115. The van der Waals surface area contributed by atoms with E-state index in [-0.39, 0.29) is 11.9 Å². The fraction of sp³-hybridized carbons (Fsp3) is 0.435. The smallest absolute Gasteiger partial charge is 0.251 e. The van der Waals surface area contributed by atoms with Crippen molar-refractivity contribution < 1.29 is 19.2 Å². The Morgan fingerprint density at radius 2 is 1.62 bits per heavy atom. The Morgan fingerprint density at radius 3 is 2.14 bits per heavy atom. The van der Waals surface area contributed by atoms with Crippen LogP contribution in [0.3, 0.4) is 0 Å². The number of ether oxygens (including phenoxy) is 2. The second-order valence-electron chi connectivity index (χ2n) is 7.72. The van der Waals surface area contributed by atoms with Crippen LogP contribution in [-0.2, 0) is 0 Å². The molecule has 0 aromatic heterocycles. The first kappa shape index (κ1) is 21.0. The molecule has 1 aliphatic heterocycles. The highest BCUT2D eigenvalue weighted by Gasteiger charge is 2.28. The first-order chi connectivity index (χ1) is 14.0. The van der Waals surface area contributed by atoms with E-state index in [1.165, 1.54) is 29.0 Å². The van der Waals surface area contributed by atoms with E-state index in [2.05, 4.69) is 34.5 Å². The molecule has 1 aliphatic rings. The van der Waals surface area contributed by atoms with Crippen LogP contribution in [0.4, 0.5) is 5.69 Å². The van der Waals surface area contributed by atoms with E-state index in [1.54, 1.807) is 32.4 Å². The highest BCUT2D eigenvalue weighted by molar-refractivity contribution is 5.95. The molecule has 2 N–H and O–H groups in total. The van der Waals surface area contributed by atoms with Gasteiger partial charge in [0, 0.05) is 49.8 Å². The summed E-state index contributed by atoms with van der Waals surface area (Å²) in [7, 11) is 7.25. The lowest BCUT2D eigenvalue weighted by atomic mass is 10.0. The molecule has 3 rings (SSSR count). The van der Waals surface area contributed by atoms with Crippen molar-refractivity contribution in [3.8, 4) is 11.5 Å². The van der Waals surface area contributed by atoms with Crippen LogP contribution < -0.4 is 24.6 Å². The number of quaternary nitrogens is 1. The molecule has 156 valence electrons. The molecule has 1 amide bonds. The molecule has 2 aromatic carbocycles. The number of rotatable bonds is 8. The highest BCUT2D eigenvalue weighted by Crippen LogP contribution is 2.23. The number of likely N-dealkylation sites (tertiary alicyclic amines) is 1. The molecule has 1 atom stereocenters. The first-order valence-electron chi connectivity index (χ1n) is 10.1. The number of hydrogen-bond acceptors (Lipinski definition) is 4. The van der Waals surface area contributed by atoms with Crippen LogP contribution in [0.5, 0.6) is 11.5 Å². The summed E-state index contributed by atoms with van der Waals surface area (Å²) in [4.78, 5) is 16.5. The SMILES string of the molecule is COc1cc(OC)cc(C(=O)NC[C@H](c2ccc(N(C)C)cc2)[NH+]2CCCC2)c1. The van der Waals surface area contributed by atoms with Crippen LogP contribution in [0, 0.1) is 0 Å². The van der Waals surface area contributed by atoms with Crippen LogP contribution in [0.15, 0.2) is 42.5 Å². The van der Waals surface area contributed by atoms with Crippen molar-refractivity contribution in [3.05, 3.63) is 53.6 Å². The van der Waals surface area contributed by atoms with Crippen LogP contribution in [0.25, 0.3) is 0 Å². The summed E-state index contributed by atoms with van der Waals surface area (Å²) < 4.78 is 10.6. The standard InChI is InChI=1S/C23H31N3O3/c1-25(2)19-9-7-17(8-10-19)22(26-11-5-6-12-26)16-24-23(27)18-13-20(28-3)15-21(14-18)29-4/h7-10,13-15,22H,5-6,11-12,16H2,1-4H3,(H,24,27)/p+1/t22-/m1/s1. The molecular formula is C23H32N3O3+. The van der Waals surface area contributed by atoms with Crippen molar-refractivity contribution in [2.24, 2.45) is 0 Å². The topological polar surface area (TPSA) is 55.2 Å². The second-order valence-corrected chi connectivity index (χ2v) is 7.72. The average Bonchev–Trinajstić information content (AvgIpc) is 3.28. The molecule has 0 radical (unpaired) electrons. The Bertz CT molecular complexity index is 792. The fourth-order valence-corrected chi connectivity index (χ4v) is 3.92. The van der Waals surface area contributed by atoms with Gasteiger partial charge in [0.15, 0.2) is 0 Å². The Hall–Kier alpha value is -2.73. The Morgan fingerprint density at radius 1 is 1.03 bits per heavy atom. The normalized spacial score (nSPS) is 15.0. The Labute approximate surface area is 173 Å². The number of amides is 1. The molecule has 0 unspecified atom stereocenters. The number of anilines is 1. The number of hydrogen-bond donors (Lipinski definition) is 2. The van der Waals surface area contributed by atoms with E-state index in [1.807, 2.05) is 14.1 Å². The van der Waals surface area contributed by atoms with Gasteiger partial charge in [-0.2, -0.15) is 0 Å². The molecule has 1 heterocycles. The molecule has 2 aromatic rings. The molecule has 29 heavy (non-hydrogen) atoms. The highest BCUT2D eigenvalue weighted by atomic mass is 16.5. The van der Waals surface area contributed by atoms with Gasteiger partial charge in [-0.25, -0.2) is 0 Å². The van der Waals surface area contributed by atoms with E-state index in [0.29, 0.717) is 23.6 Å². The van der Waals surface area contributed by atoms with Gasteiger partial charge in [-0.3, -0.25) is 4.79 Å². The predicted octanol–water partition coefficient (Wildman–Crippen LogP) is 1.92. The molecule has 0 spiro atoms. The zero-order chi connectivity index (χ0) is 20.8. The van der Waals surface area contributed by atoms with Gasteiger partial charge in [0.2, 0.25) is 0 Å². The molecule has 6 nitrogen and oxygen atoms in total. The molecule has 1 fully saturated rings. The molecule has 0 aliphatic carbocycles. The van der Waals surface area contributed by atoms with Crippen molar-refractivity contribution in [2.45, 2.75) is 18.9 Å². The first-order valence-corrected chi connectivity index (χ1v) is 10.1. The van der Waals surface area contributed by atoms with Gasteiger partial charge in [-0.15, -0.1) is 0 Å². The summed E-state index contributed by atoms with van der Waals surface area (Å²) in [6, 6.07) is 14.1. The second kappa shape index (κ2) is 9.65. The third kappa shape index (κ3) is 5.21. The quantitative estimate of drug-likeness (QED) is 0.713. The minimum Gasteiger partial charge on any atom is -0.497 e. The van der Waals surface area contributed by atoms with Gasteiger partial charge in [-0.1, -0.05) is 12.1 Å². The van der Waals surface area contributed by atoms with Gasteiger partial charge in [0.05, 0.1) is 33.9 Å². The Kier molecular flexibility index (Phi) is 6.99. The Balaban J connectivity index is 1.75. The van der Waals surface area contributed by atoms with E-state index < -0.39 is 0 Å². The average molecular weight is 399 g/mol. The zero-order valence-corrected chi connectivity index (χ0v) is 17.8. The van der Waals surface area contributed by atoms with Crippen molar-refractivity contribution >= 4 is 11.6 Å². The number of nitrogens with zero attached hydrogens (tertiary/aromatic N) is 1. The maximum Gasteiger partial charge on any atom is 0.251 e. The fourth-order valence-electron chi connectivity index (χ4n) is 3.92. The summed E-state index contributed by atoms with van der Waals surface area (Å²) in [6.45, 7) is 2.88. The van der Waals surface area contributed by atoms with Crippen LogP contribution in [-0.4, -0.2) is 53.9 Å². The lowest BCUT2D eigenvalue weighted by Gasteiger charge is -2.26. The van der Waals surface area contributed by atoms with Gasteiger partial charge in [0.25, 0.3) is 5.91 Å². The van der Waals surface area contributed by atoms with Crippen molar-refractivity contribution in [1.29, 1.82) is 0 Å². The summed E-state index contributed by atoms with van der Waals surface area (Å²) >= 11 is 0. The van der Waals surface area contributed by atoms with Crippen LogP contribution in [0.1, 0.15) is 34.8 Å². The molecule has 1 saturated heterocycles. The number of nitrogens with one attached hydrogen (secondary N) is 2. The maximum atomic E-state index is 12.8. The molecule has 0 saturated carbocycles. The van der Waals surface area contributed by atoms with Gasteiger partial charge in [0.1, 0.15) is 17.5 Å². The van der Waals surface area contributed by atoms with Crippen LogP contribution in [0.2, 0.25) is 0 Å². The maximum absolute atomic E-state index is 12.8. The monoisotopic (exact) mass is 398 g/mol. The third-order valence-electron chi connectivity index (χ3n) is 5.63. The van der Waals surface area contributed by atoms with Gasteiger partial charge < -0.3 is 24.6 Å². The molecule has 6 heteroatoms. The predicted molar refractivity (Wildman–Crippen MR) is 115 cm³/mol. The summed E-state index contributed by atoms with van der Waals surface area (Å²) in [5.41, 5.74) is 2.98. The third-order valence-corrected chi connectivity index (χ3v) is 5.63. The van der Waals surface area contributed by atoms with E-state index >= 15 is 0 Å². The zero-order valence-electron chi connectivity index (χ0n) is 17.8. The lowest BCUT2D eigenvalue weighted by molar-refractivity contribution is -0.918. The minimum atomic E-state index is -0.115. The van der Waals surface area contributed by atoms with Crippen molar-refractivity contribution in [2.75, 3.05) is 52.8 Å². The van der Waals surface area contributed by atoms with Gasteiger partial charge in [-0.05, 0) is 24.3 Å². The van der Waals surface area contributed by atoms with E-state index in [9.17, 15) is 4.79 Å². The van der Waals surface area contributed by atoms with Gasteiger partial charge >= 0.3 is 0 Å². The summed E-state index contributed by atoms with van der Waals surface area (Å²) in [6.07, 6.45) is 2.48. The van der Waals surface area contributed by atoms with Crippen molar-refractivity contribution in [1.82, 2.24) is 5.32 Å². The van der Waals surface area contributed by atoms with Crippen molar-refractivity contribution in [3.63, 3.8) is 0 Å². The molecular weight excluding hydrogens is 366 g/mol. The van der Waals surface area contributed by atoms with E-state index in [4.69, 9.17) is 9.47 Å². The number of benzene rings is 2. The summed E-state index contributed by atoms with van der Waals surface area (Å²) in [5, 5.41) is 3.13. The largest absolute Gasteiger partial charge is 0.497 e. The summed E-state index contributed by atoms with van der Waals surface area (Å²) in [5.74, 6) is 1.10. The number of carbonyl (C=O) groups is 1. The van der Waals surface area contributed by atoms with Crippen LogP contribution >= 0.6 is 0 Å². The van der Waals surface area contributed by atoms with E-state index in [0.717, 1.165) is 13.1 Å². The molecule has 0 bridgehead atoms. The lowest BCUT2D eigenvalue weighted by Crippen LogP contribution is -3.11. The number of carbonyl (C=O) groups excluding carboxylic acids is 1.